The first-order valence-corrected chi connectivity index (χ1v) is 13.5. The van der Waals surface area contributed by atoms with Gasteiger partial charge in [0, 0.05) is 38.2 Å². The molecule has 1 aromatic heterocycles. The summed E-state index contributed by atoms with van der Waals surface area (Å²) in [6.07, 6.45) is 12.7. The summed E-state index contributed by atoms with van der Waals surface area (Å²) >= 11 is 0. The summed E-state index contributed by atoms with van der Waals surface area (Å²) in [6, 6.07) is 5.13. The summed E-state index contributed by atoms with van der Waals surface area (Å²) in [4.78, 5) is 47.7. The predicted molar refractivity (Wildman–Crippen MR) is 130 cm³/mol. The first-order chi connectivity index (χ1) is 17.1. The maximum absolute atomic E-state index is 13.9. The Morgan fingerprint density at radius 2 is 1.86 bits per heavy atom. The van der Waals surface area contributed by atoms with Crippen molar-refractivity contribution in [3.63, 3.8) is 0 Å². The lowest BCUT2D eigenvalue weighted by atomic mass is 9.75. The molecule has 0 radical (unpaired) electrons. The first-order valence-electron chi connectivity index (χ1n) is 13.5. The number of hydrogen-bond donors (Lipinski definition) is 1. The summed E-state index contributed by atoms with van der Waals surface area (Å²) in [7, 11) is 0. The van der Waals surface area contributed by atoms with Crippen molar-refractivity contribution in [3.8, 4) is 0 Å². The van der Waals surface area contributed by atoms with E-state index >= 15 is 0 Å². The van der Waals surface area contributed by atoms with Gasteiger partial charge in [0.25, 0.3) is 5.91 Å². The Labute approximate surface area is 207 Å². The number of amides is 4. The fourth-order valence-electron chi connectivity index (χ4n) is 6.53. The van der Waals surface area contributed by atoms with Crippen LogP contribution in [0.15, 0.2) is 24.4 Å². The van der Waals surface area contributed by atoms with E-state index in [0.29, 0.717) is 50.6 Å². The number of carbonyl (C=O) groups is 3. The third-order valence-corrected chi connectivity index (χ3v) is 8.56. The zero-order valence-corrected chi connectivity index (χ0v) is 20.6. The fraction of sp³-hybridized carbons (Fsp3) is 0.704. The second kappa shape index (κ2) is 10.6. The summed E-state index contributed by atoms with van der Waals surface area (Å²) in [5, 5.41) is 3.06. The number of nitrogens with one attached hydrogen (secondary N) is 1. The van der Waals surface area contributed by atoms with E-state index in [1.807, 2.05) is 23.1 Å². The van der Waals surface area contributed by atoms with Crippen LogP contribution in [0.3, 0.4) is 0 Å². The number of aromatic nitrogens is 1. The summed E-state index contributed by atoms with van der Waals surface area (Å²) < 4.78 is 5.70. The van der Waals surface area contributed by atoms with Crippen molar-refractivity contribution in [3.05, 3.63) is 30.1 Å². The van der Waals surface area contributed by atoms with Gasteiger partial charge >= 0.3 is 6.03 Å². The molecule has 1 aromatic rings. The second-order valence-electron chi connectivity index (χ2n) is 10.7. The molecule has 1 aliphatic carbocycles. The van der Waals surface area contributed by atoms with Crippen molar-refractivity contribution in [2.24, 2.45) is 11.8 Å². The maximum Gasteiger partial charge on any atom is 0.325 e. The number of pyridine rings is 1. The van der Waals surface area contributed by atoms with Crippen LogP contribution in [0.25, 0.3) is 0 Å². The molecule has 1 saturated carbocycles. The summed E-state index contributed by atoms with van der Waals surface area (Å²) in [5.41, 5.74) is -0.607. The van der Waals surface area contributed by atoms with Gasteiger partial charge in [0.05, 0.1) is 18.3 Å². The molecule has 0 unspecified atom stereocenters. The van der Waals surface area contributed by atoms with E-state index in [9.17, 15) is 14.4 Å². The average Bonchev–Trinajstić information content (AvgIpc) is 3.51. The molecular weight excluding hydrogens is 444 g/mol. The molecule has 4 fully saturated rings. The topological polar surface area (TPSA) is 91.8 Å². The van der Waals surface area contributed by atoms with E-state index < -0.39 is 5.54 Å². The number of likely N-dealkylation sites (tertiary alicyclic amines) is 1. The molecule has 35 heavy (non-hydrogen) atoms. The number of nitrogens with zero attached hydrogens (tertiary/aromatic N) is 3. The normalized spacial score (nSPS) is 28.5. The minimum Gasteiger partial charge on any atom is -0.376 e. The molecule has 5 rings (SSSR count). The molecule has 0 bridgehead atoms. The van der Waals surface area contributed by atoms with Crippen molar-refractivity contribution >= 4 is 17.8 Å². The van der Waals surface area contributed by atoms with E-state index in [0.717, 1.165) is 19.3 Å². The second-order valence-corrected chi connectivity index (χ2v) is 10.7. The van der Waals surface area contributed by atoms with Gasteiger partial charge in [-0.15, -0.1) is 0 Å². The molecule has 3 saturated heterocycles. The quantitative estimate of drug-likeness (QED) is 0.600. The predicted octanol–water partition coefficient (Wildman–Crippen LogP) is 3.61. The van der Waals surface area contributed by atoms with Gasteiger partial charge in [0.15, 0.2) is 5.54 Å². The number of piperidine rings is 1. The monoisotopic (exact) mass is 482 g/mol. The zero-order chi connectivity index (χ0) is 24.3. The molecule has 190 valence electrons. The SMILES string of the molecule is O=C(CCC1CCCCC1)N1CCC([C@@]2(c3ccccn3)NC(=O)N(C[C@@H]3CCCO3)C2=O)CC1. The van der Waals surface area contributed by atoms with Crippen molar-refractivity contribution in [1.82, 2.24) is 20.1 Å². The zero-order valence-electron chi connectivity index (χ0n) is 20.6. The third kappa shape index (κ3) is 4.95. The van der Waals surface area contributed by atoms with Crippen LogP contribution in [0.1, 0.15) is 76.3 Å². The lowest BCUT2D eigenvalue weighted by Gasteiger charge is -2.40. The lowest BCUT2D eigenvalue weighted by molar-refractivity contribution is -0.137. The Hall–Kier alpha value is -2.48. The van der Waals surface area contributed by atoms with Gasteiger partial charge in [-0.3, -0.25) is 19.5 Å². The lowest BCUT2D eigenvalue weighted by Crippen LogP contribution is -2.54. The molecule has 4 aliphatic rings. The smallest absolute Gasteiger partial charge is 0.325 e. The standard InChI is InChI=1S/C27H38N4O4/c32-24(12-11-20-7-2-1-3-8-20)30-16-13-21(14-17-30)27(23-10-4-5-15-28-23)25(33)31(26(34)29-27)19-22-9-6-18-35-22/h4-5,10,15,20-22H,1-3,6-9,11-14,16-19H2,(H,29,34)/t22-,27-/m0/s1. The van der Waals surface area contributed by atoms with Crippen molar-refractivity contribution in [2.75, 3.05) is 26.2 Å². The molecule has 2 atom stereocenters. The number of carbonyl (C=O) groups excluding carboxylic acids is 3. The summed E-state index contributed by atoms with van der Waals surface area (Å²) in [6.45, 7) is 2.17. The van der Waals surface area contributed by atoms with Crippen molar-refractivity contribution < 1.29 is 19.1 Å². The minimum atomic E-state index is -1.19. The molecule has 0 aromatic carbocycles. The van der Waals surface area contributed by atoms with Crippen LogP contribution in [0.5, 0.6) is 0 Å². The number of urea groups is 1. The van der Waals surface area contributed by atoms with Crippen LogP contribution in [0.4, 0.5) is 4.79 Å². The van der Waals surface area contributed by atoms with Gasteiger partial charge < -0.3 is 15.0 Å². The Bertz CT molecular complexity index is 905. The van der Waals surface area contributed by atoms with Gasteiger partial charge in [-0.25, -0.2) is 4.79 Å². The Morgan fingerprint density at radius 1 is 1.06 bits per heavy atom. The van der Waals surface area contributed by atoms with Crippen LogP contribution in [0, 0.1) is 11.8 Å². The number of hydrogen-bond acceptors (Lipinski definition) is 5. The summed E-state index contributed by atoms with van der Waals surface area (Å²) in [5.74, 6) is 0.561. The molecule has 0 spiro atoms. The van der Waals surface area contributed by atoms with Gasteiger partial charge in [-0.2, -0.15) is 0 Å². The van der Waals surface area contributed by atoms with E-state index in [1.165, 1.54) is 37.0 Å². The largest absolute Gasteiger partial charge is 0.376 e. The van der Waals surface area contributed by atoms with Gasteiger partial charge in [-0.05, 0) is 50.2 Å². The minimum absolute atomic E-state index is 0.104. The number of rotatable bonds is 7. The highest BCUT2D eigenvalue weighted by Crippen LogP contribution is 2.41. The highest BCUT2D eigenvalue weighted by atomic mass is 16.5. The highest BCUT2D eigenvalue weighted by Gasteiger charge is 2.58. The molecule has 3 aliphatic heterocycles. The van der Waals surface area contributed by atoms with Gasteiger partial charge in [-0.1, -0.05) is 38.2 Å². The highest BCUT2D eigenvalue weighted by molar-refractivity contribution is 6.07. The molecular formula is C27H38N4O4. The fourth-order valence-corrected chi connectivity index (χ4v) is 6.53. The van der Waals surface area contributed by atoms with Crippen LogP contribution < -0.4 is 5.32 Å². The average molecular weight is 483 g/mol. The van der Waals surface area contributed by atoms with Crippen LogP contribution in [-0.2, 0) is 19.9 Å². The van der Waals surface area contributed by atoms with E-state index in [2.05, 4.69) is 10.3 Å². The number of ether oxygens (including phenoxy) is 1. The first kappa shape index (κ1) is 24.2. The molecule has 8 nitrogen and oxygen atoms in total. The van der Waals surface area contributed by atoms with E-state index in [1.54, 1.807) is 6.20 Å². The Balaban J connectivity index is 1.27. The molecule has 4 amide bonds. The Kier molecular flexibility index (Phi) is 7.37. The maximum atomic E-state index is 13.9. The number of imide groups is 1. The molecule has 1 N–H and O–H groups in total. The van der Waals surface area contributed by atoms with Gasteiger partial charge in [0.2, 0.25) is 5.91 Å². The van der Waals surface area contributed by atoms with Crippen LogP contribution in [0.2, 0.25) is 0 Å². The van der Waals surface area contributed by atoms with Gasteiger partial charge in [0.1, 0.15) is 0 Å². The van der Waals surface area contributed by atoms with Crippen LogP contribution in [-0.4, -0.2) is 65.0 Å². The van der Waals surface area contributed by atoms with E-state index in [-0.39, 0.29) is 36.4 Å². The van der Waals surface area contributed by atoms with Crippen molar-refractivity contribution in [1.29, 1.82) is 0 Å². The van der Waals surface area contributed by atoms with E-state index in [4.69, 9.17) is 4.74 Å². The third-order valence-electron chi connectivity index (χ3n) is 8.56. The molecule has 8 heteroatoms. The van der Waals surface area contributed by atoms with Crippen LogP contribution >= 0.6 is 0 Å². The Morgan fingerprint density at radius 3 is 2.54 bits per heavy atom. The van der Waals surface area contributed by atoms with Crippen molar-refractivity contribution in [2.45, 2.75) is 82.3 Å². The molecule has 4 heterocycles.